The van der Waals surface area contributed by atoms with Gasteiger partial charge in [0.25, 0.3) is 5.56 Å². The molecule has 2 fully saturated rings. The summed E-state index contributed by atoms with van der Waals surface area (Å²) in [4.78, 5) is 31.1. The van der Waals surface area contributed by atoms with Crippen LogP contribution in [0.15, 0.2) is 35.1 Å². The summed E-state index contributed by atoms with van der Waals surface area (Å²) < 4.78 is 6.85. The third-order valence-electron chi connectivity index (χ3n) is 4.82. The molecule has 1 aromatic heterocycles. The van der Waals surface area contributed by atoms with Crippen molar-refractivity contribution in [3.63, 3.8) is 0 Å². The summed E-state index contributed by atoms with van der Waals surface area (Å²) in [7, 11) is 0. The van der Waals surface area contributed by atoms with E-state index in [0.29, 0.717) is 43.9 Å². The van der Waals surface area contributed by atoms with Gasteiger partial charge in [0, 0.05) is 19.2 Å². The quantitative estimate of drug-likeness (QED) is 0.864. The molecule has 2 N–H and O–H groups in total. The number of anilines is 1. The monoisotopic (exact) mass is 354 g/mol. The van der Waals surface area contributed by atoms with Gasteiger partial charge in [-0.1, -0.05) is 12.1 Å². The van der Waals surface area contributed by atoms with Gasteiger partial charge in [0.2, 0.25) is 5.91 Å². The number of nitrogens with two attached hydrogens (primary N) is 1. The number of aromatic nitrogens is 2. The predicted octanol–water partition coefficient (Wildman–Crippen LogP) is 0.974. The molecule has 2 aromatic rings. The highest BCUT2D eigenvalue weighted by Gasteiger charge is 2.24. The first-order chi connectivity index (χ1) is 12.6. The Morgan fingerprint density at radius 2 is 2.00 bits per heavy atom. The smallest absolute Gasteiger partial charge is 0.260 e. The summed E-state index contributed by atoms with van der Waals surface area (Å²) in [6, 6.07) is 9.43. The van der Waals surface area contributed by atoms with Crippen molar-refractivity contribution in [3.8, 4) is 5.69 Å². The van der Waals surface area contributed by atoms with E-state index in [1.165, 1.54) is 29.0 Å². The van der Waals surface area contributed by atoms with Crippen LogP contribution in [-0.4, -0.2) is 41.8 Å². The van der Waals surface area contributed by atoms with Crippen LogP contribution >= 0.6 is 0 Å². The Hall–Kier alpha value is -2.67. The van der Waals surface area contributed by atoms with Crippen molar-refractivity contribution in [2.75, 3.05) is 31.2 Å². The van der Waals surface area contributed by atoms with Crippen LogP contribution in [0.1, 0.15) is 30.1 Å². The molecule has 136 valence electrons. The van der Waals surface area contributed by atoms with Gasteiger partial charge in [-0.05, 0) is 36.5 Å². The van der Waals surface area contributed by atoms with E-state index in [2.05, 4.69) is 11.1 Å². The topological polar surface area (TPSA) is 90.5 Å². The van der Waals surface area contributed by atoms with Crippen molar-refractivity contribution >= 4 is 11.7 Å². The molecule has 26 heavy (non-hydrogen) atoms. The zero-order chi connectivity index (χ0) is 18.1. The standard InChI is InChI=1S/C19H22N4O3/c20-16(24)11-18-21-17(22-6-8-26-9-7-22)12-19(25)23(18)15-3-1-2-14(10-15)13-4-5-13/h1-3,10,12-13H,4-9,11H2,(H2,20,24). The van der Waals surface area contributed by atoms with Crippen LogP contribution in [0.5, 0.6) is 0 Å². The Morgan fingerprint density at radius 3 is 2.69 bits per heavy atom. The third-order valence-corrected chi connectivity index (χ3v) is 4.82. The first-order valence-corrected chi connectivity index (χ1v) is 8.96. The number of ether oxygens (including phenoxy) is 1. The molecule has 0 atom stereocenters. The van der Waals surface area contributed by atoms with E-state index >= 15 is 0 Å². The summed E-state index contributed by atoms with van der Waals surface area (Å²) in [6.07, 6.45) is 2.28. The summed E-state index contributed by atoms with van der Waals surface area (Å²) in [5.74, 6) is 1.01. The Labute approximate surface area is 151 Å². The Morgan fingerprint density at radius 1 is 1.23 bits per heavy atom. The van der Waals surface area contributed by atoms with E-state index in [1.54, 1.807) is 0 Å². The predicted molar refractivity (Wildman–Crippen MR) is 97.7 cm³/mol. The third kappa shape index (κ3) is 3.48. The molecule has 0 spiro atoms. The van der Waals surface area contributed by atoms with Gasteiger partial charge < -0.3 is 15.4 Å². The van der Waals surface area contributed by atoms with E-state index < -0.39 is 5.91 Å². The maximum absolute atomic E-state index is 12.9. The maximum atomic E-state index is 12.9. The fourth-order valence-electron chi connectivity index (χ4n) is 3.36. The fourth-order valence-corrected chi connectivity index (χ4v) is 3.36. The zero-order valence-electron chi connectivity index (χ0n) is 14.6. The number of primary amides is 1. The molecule has 0 unspecified atom stereocenters. The van der Waals surface area contributed by atoms with Gasteiger partial charge >= 0.3 is 0 Å². The second-order valence-corrected chi connectivity index (χ2v) is 6.82. The van der Waals surface area contributed by atoms with Crippen LogP contribution in [0.4, 0.5) is 5.82 Å². The molecule has 2 aliphatic rings. The molecule has 4 rings (SSSR count). The van der Waals surface area contributed by atoms with Crippen molar-refractivity contribution in [2.45, 2.75) is 25.2 Å². The van der Waals surface area contributed by atoms with Crippen molar-refractivity contribution in [1.29, 1.82) is 0 Å². The van der Waals surface area contributed by atoms with E-state index in [-0.39, 0.29) is 12.0 Å². The van der Waals surface area contributed by atoms with Crippen molar-refractivity contribution in [1.82, 2.24) is 9.55 Å². The molecule has 7 heteroatoms. The minimum absolute atomic E-state index is 0.0823. The Bertz CT molecular complexity index is 883. The number of amides is 1. The molecule has 1 saturated heterocycles. The van der Waals surface area contributed by atoms with E-state index in [9.17, 15) is 9.59 Å². The second-order valence-electron chi connectivity index (χ2n) is 6.82. The SMILES string of the molecule is NC(=O)Cc1nc(N2CCOCC2)cc(=O)n1-c1cccc(C2CC2)c1. The lowest BCUT2D eigenvalue weighted by Crippen LogP contribution is -2.38. The molecule has 1 amide bonds. The van der Waals surface area contributed by atoms with E-state index in [1.807, 2.05) is 23.1 Å². The van der Waals surface area contributed by atoms with Crippen molar-refractivity contribution in [2.24, 2.45) is 5.73 Å². The molecule has 0 bridgehead atoms. The molecular weight excluding hydrogens is 332 g/mol. The van der Waals surface area contributed by atoms with Gasteiger partial charge in [-0.25, -0.2) is 4.98 Å². The molecule has 1 aliphatic carbocycles. The number of benzene rings is 1. The number of hydrogen-bond acceptors (Lipinski definition) is 5. The molecule has 0 radical (unpaired) electrons. The first kappa shape index (κ1) is 16.8. The molecule has 1 aromatic carbocycles. The average molecular weight is 354 g/mol. The summed E-state index contributed by atoms with van der Waals surface area (Å²) in [5, 5.41) is 0. The number of rotatable bonds is 5. The highest BCUT2D eigenvalue weighted by molar-refractivity contribution is 5.76. The van der Waals surface area contributed by atoms with Gasteiger partial charge in [0.05, 0.1) is 25.3 Å². The Balaban J connectivity index is 1.78. The highest BCUT2D eigenvalue weighted by Crippen LogP contribution is 2.40. The lowest BCUT2D eigenvalue weighted by Gasteiger charge is -2.28. The Kier molecular flexibility index (Phi) is 4.46. The van der Waals surface area contributed by atoms with E-state index in [0.717, 1.165) is 5.69 Å². The van der Waals surface area contributed by atoms with Crippen LogP contribution in [0, 0.1) is 0 Å². The summed E-state index contributed by atoms with van der Waals surface area (Å²) >= 11 is 0. The van der Waals surface area contributed by atoms with Crippen LogP contribution in [0.25, 0.3) is 5.69 Å². The van der Waals surface area contributed by atoms with Crippen LogP contribution in [-0.2, 0) is 16.0 Å². The number of carbonyl (C=O) groups is 1. The first-order valence-electron chi connectivity index (χ1n) is 8.96. The van der Waals surface area contributed by atoms with Crippen LogP contribution < -0.4 is 16.2 Å². The maximum Gasteiger partial charge on any atom is 0.260 e. The number of nitrogens with zero attached hydrogens (tertiary/aromatic N) is 3. The van der Waals surface area contributed by atoms with Gasteiger partial charge in [0.15, 0.2) is 0 Å². The summed E-state index contributed by atoms with van der Waals surface area (Å²) in [6.45, 7) is 2.53. The van der Waals surface area contributed by atoms with E-state index in [4.69, 9.17) is 10.5 Å². The number of morpholine rings is 1. The van der Waals surface area contributed by atoms with Gasteiger partial charge in [-0.3, -0.25) is 14.2 Å². The zero-order valence-corrected chi connectivity index (χ0v) is 14.6. The number of carbonyl (C=O) groups excluding carboxylic acids is 1. The minimum atomic E-state index is -0.511. The lowest BCUT2D eigenvalue weighted by atomic mass is 10.1. The molecule has 2 heterocycles. The van der Waals surface area contributed by atoms with Crippen LogP contribution in [0.2, 0.25) is 0 Å². The van der Waals surface area contributed by atoms with Crippen molar-refractivity contribution < 1.29 is 9.53 Å². The highest BCUT2D eigenvalue weighted by atomic mass is 16.5. The molecule has 1 aliphatic heterocycles. The minimum Gasteiger partial charge on any atom is -0.378 e. The molecule has 7 nitrogen and oxygen atoms in total. The normalized spacial score (nSPS) is 17.3. The number of hydrogen-bond donors (Lipinski definition) is 1. The fraction of sp³-hybridized carbons (Fsp3) is 0.421. The second kappa shape index (κ2) is 6.92. The lowest BCUT2D eigenvalue weighted by molar-refractivity contribution is -0.117. The molecule has 1 saturated carbocycles. The van der Waals surface area contributed by atoms with Gasteiger partial charge in [-0.15, -0.1) is 0 Å². The average Bonchev–Trinajstić information content (AvgIpc) is 3.47. The largest absolute Gasteiger partial charge is 0.378 e. The van der Waals surface area contributed by atoms with Crippen molar-refractivity contribution in [3.05, 3.63) is 52.1 Å². The summed E-state index contributed by atoms with van der Waals surface area (Å²) in [5.41, 5.74) is 7.16. The molecular formula is C19H22N4O3. The van der Waals surface area contributed by atoms with Gasteiger partial charge in [0.1, 0.15) is 11.6 Å². The van der Waals surface area contributed by atoms with Gasteiger partial charge in [-0.2, -0.15) is 0 Å². The van der Waals surface area contributed by atoms with Crippen LogP contribution in [0.3, 0.4) is 0 Å².